The number of hydrogen-bond donors (Lipinski definition) is 2. The predicted molar refractivity (Wildman–Crippen MR) is 176 cm³/mol. The molecule has 0 radical (unpaired) electrons. The number of alkyl halides is 3. The van der Waals surface area contributed by atoms with Crippen molar-refractivity contribution in [2.45, 2.75) is 56.3 Å². The first-order chi connectivity index (χ1) is 23.5. The summed E-state index contributed by atoms with van der Waals surface area (Å²) in [6.45, 7) is 1.25. The van der Waals surface area contributed by atoms with Crippen LogP contribution in [0, 0.1) is 0 Å². The maximum atomic E-state index is 13.5. The molecule has 1 fully saturated rings. The minimum atomic E-state index is -4.61. The summed E-state index contributed by atoms with van der Waals surface area (Å²) in [5.74, 6) is -0.177. The van der Waals surface area contributed by atoms with Crippen LogP contribution in [0.5, 0.6) is 0 Å². The summed E-state index contributed by atoms with van der Waals surface area (Å²) in [5, 5.41) is 10.7. The average Bonchev–Trinajstić information content (AvgIpc) is 3.96. The highest BCUT2D eigenvalue weighted by Gasteiger charge is 2.49. The lowest BCUT2D eigenvalue weighted by atomic mass is 9.90. The molecule has 0 spiro atoms. The Bertz CT molecular complexity index is 2000. The van der Waals surface area contributed by atoms with Gasteiger partial charge < -0.3 is 19.9 Å². The van der Waals surface area contributed by atoms with E-state index in [4.69, 9.17) is 4.98 Å². The first-order valence-corrected chi connectivity index (χ1v) is 16.4. The van der Waals surface area contributed by atoms with Gasteiger partial charge in [0.05, 0.1) is 28.8 Å². The van der Waals surface area contributed by atoms with Crippen molar-refractivity contribution in [3.8, 4) is 0 Å². The molecule has 4 aromatic rings. The molecule has 2 N–H and O–H groups in total. The average molecular weight is 669 g/mol. The van der Waals surface area contributed by atoms with Gasteiger partial charge in [0.15, 0.2) is 6.10 Å². The molecule has 1 aromatic heterocycles. The van der Waals surface area contributed by atoms with Gasteiger partial charge in [-0.3, -0.25) is 14.4 Å². The van der Waals surface area contributed by atoms with Gasteiger partial charge in [0.25, 0.3) is 17.4 Å². The molecule has 8 nitrogen and oxygen atoms in total. The second kappa shape index (κ2) is 12.8. The third kappa shape index (κ3) is 6.42. The van der Waals surface area contributed by atoms with Gasteiger partial charge in [-0.15, -0.1) is 0 Å². The van der Waals surface area contributed by atoms with E-state index in [0.717, 1.165) is 54.2 Å². The minimum absolute atomic E-state index is 0.0132. The highest BCUT2D eigenvalue weighted by Crippen LogP contribution is 2.52. The van der Waals surface area contributed by atoms with Crippen molar-refractivity contribution in [1.29, 1.82) is 0 Å². The summed E-state index contributed by atoms with van der Waals surface area (Å²) in [7, 11) is 0. The van der Waals surface area contributed by atoms with Crippen LogP contribution in [0.1, 0.15) is 81.5 Å². The van der Waals surface area contributed by atoms with E-state index in [1.54, 1.807) is 0 Å². The minimum Gasteiger partial charge on any atom is -0.378 e. The summed E-state index contributed by atoms with van der Waals surface area (Å²) >= 11 is 0. The SMILES string of the molecule is O=C(c1ccccc1)N1CC=C(c2cccc(C3(c4nc5c(c(=O)[nH]4)CN(C(=O)C(O)c4cccc(C(F)(F)F)c4)CCC5)CC3)c2)CC1. The van der Waals surface area contributed by atoms with Crippen LogP contribution < -0.4 is 5.56 Å². The standard InChI is InChI=1S/C38H35F3N4O4/c39-38(40,41)29-12-5-10-27(22-29)32(46)35(49)45-18-6-13-31-30(23-45)33(47)43-36(42-31)37(16-17-37)28-11-4-9-26(21-28)24-14-19-44(20-15-24)34(48)25-7-2-1-3-8-25/h1-5,7-12,14,21-22,32,46H,6,13,15-20,23H2,(H,42,43,47). The zero-order chi connectivity index (χ0) is 34.3. The van der Waals surface area contributed by atoms with Crippen LogP contribution in [0.25, 0.3) is 5.57 Å². The Labute approximate surface area is 280 Å². The number of nitrogens with one attached hydrogen (secondary N) is 1. The number of fused-ring (bicyclic) bond motifs is 1. The molecule has 3 heterocycles. The highest BCUT2D eigenvalue weighted by atomic mass is 19.4. The Kier molecular flexibility index (Phi) is 8.48. The molecule has 1 aliphatic carbocycles. The summed E-state index contributed by atoms with van der Waals surface area (Å²) in [4.78, 5) is 50.8. The van der Waals surface area contributed by atoms with Crippen molar-refractivity contribution in [3.63, 3.8) is 0 Å². The number of aromatic amines is 1. The molecule has 3 aliphatic rings. The van der Waals surface area contributed by atoms with Crippen LogP contribution in [0.15, 0.2) is 89.7 Å². The van der Waals surface area contributed by atoms with Gasteiger partial charge in [0.2, 0.25) is 0 Å². The van der Waals surface area contributed by atoms with E-state index in [2.05, 4.69) is 23.2 Å². The molecule has 1 atom stereocenters. The lowest BCUT2D eigenvalue weighted by Gasteiger charge is -2.27. The number of aliphatic hydroxyl groups is 1. The van der Waals surface area contributed by atoms with E-state index in [-0.39, 0.29) is 30.1 Å². The van der Waals surface area contributed by atoms with Crippen molar-refractivity contribution in [2.75, 3.05) is 19.6 Å². The molecule has 1 unspecified atom stereocenters. The van der Waals surface area contributed by atoms with E-state index in [1.165, 1.54) is 11.0 Å². The molecule has 0 bridgehead atoms. The van der Waals surface area contributed by atoms with E-state index in [1.807, 2.05) is 47.4 Å². The molecule has 11 heteroatoms. The number of benzene rings is 3. The Morgan fingerprint density at radius 3 is 2.41 bits per heavy atom. The Hall–Kier alpha value is -5.03. The zero-order valence-electron chi connectivity index (χ0n) is 26.7. The number of carbonyl (C=O) groups excluding carboxylic acids is 2. The fourth-order valence-electron chi connectivity index (χ4n) is 6.92. The number of aryl methyl sites for hydroxylation is 1. The molecule has 1 saturated carbocycles. The monoisotopic (exact) mass is 668 g/mol. The molecule has 3 aromatic carbocycles. The van der Waals surface area contributed by atoms with Gasteiger partial charge in [-0.1, -0.05) is 60.7 Å². The smallest absolute Gasteiger partial charge is 0.378 e. The van der Waals surface area contributed by atoms with Crippen molar-refractivity contribution < 1.29 is 27.9 Å². The van der Waals surface area contributed by atoms with Crippen LogP contribution in [0.4, 0.5) is 13.2 Å². The number of halogens is 3. The molecule has 2 aliphatic heterocycles. The molecular weight excluding hydrogens is 633 g/mol. The summed E-state index contributed by atoms with van der Waals surface area (Å²) in [6.07, 6.45) is -1.06. The molecule has 252 valence electrons. The van der Waals surface area contributed by atoms with E-state index < -0.39 is 29.2 Å². The predicted octanol–water partition coefficient (Wildman–Crippen LogP) is 5.81. The van der Waals surface area contributed by atoms with E-state index >= 15 is 0 Å². The second-order valence-corrected chi connectivity index (χ2v) is 13.0. The molecule has 49 heavy (non-hydrogen) atoms. The Balaban J connectivity index is 1.09. The number of carbonyl (C=O) groups is 2. The lowest BCUT2D eigenvalue weighted by molar-refractivity contribution is -0.142. The van der Waals surface area contributed by atoms with Gasteiger partial charge in [-0.25, -0.2) is 4.98 Å². The number of rotatable bonds is 6. The van der Waals surface area contributed by atoms with Gasteiger partial charge in [0.1, 0.15) is 5.82 Å². The van der Waals surface area contributed by atoms with Crippen molar-refractivity contribution in [2.24, 2.45) is 0 Å². The number of nitrogens with zero attached hydrogens (tertiary/aromatic N) is 3. The number of amides is 2. The summed E-state index contributed by atoms with van der Waals surface area (Å²) in [5.41, 5.74) is 2.93. The maximum absolute atomic E-state index is 13.5. The summed E-state index contributed by atoms with van der Waals surface area (Å²) in [6, 6.07) is 21.6. The third-order valence-corrected chi connectivity index (χ3v) is 9.87. The van der Waals surface area contributed by atoms with Gasteiger partial charge in [-0.2, -0.15) is 13.2 Å². The molecule has 7 rings (SSSR count). The number of aromatic nitrogens is 2. The molecular formula is C38H35F3N4O4. The number of aliphatic hydroxyl groups excluding tert-OH is 1. The van der Waals surface area contributed by atoms with Gasteiger partial charge in [-0.05, 0) is 78.6 Å². The third-order valence-electron chi connectivity index (χ3n) is 9.87. The lowest BCUT2D eigenvalue weighted by Crippen LogP contribution is -2.36. The number of H-pyrrole nitrogens is 1. The van der Waals surface area contributed by atoms with Crippen LogP contribution in [-0.4, -0.2) is 56.3 Å². The first-order valence-electron chi connectivity index (χ1n) is 16.4. The van der Waals surface area contributed by atoms with Gasteiger partial charge >= 0.3 is 6.18 Å². The van der Waals surface area contributed by atoms with Crippen molar-refractivity contribution >= 4 is 17.4 Å². The molecule has 0 saturated heterocycles. The van der Waals surface area contributed by atoms with E-state index in [0.29, 0.717) is 48.6 Å². The van der Waals surface area contributed by atoms with Crippen LogP contribution in [-0.2, 0) is 29.4 Å². The molecule has 2 amide bonds. The quantitative estimate of drug-likeness (QED) is 0.270. The largest absolute Gasteiger partial charge is 0.416 e. The normalized spacial score (nSPS) is 17.8. The fourth-order valence-corrected chi connectivity index (χ4v) is 6.92. The topological polar surface area (TPSA) is 107 Å². The number of hydrogen-bond acceptors (Lipinski definition) is 5. The summed E-state index contributed by atoms with van der Waals surface area (Å²) < 4.78 is 39.7. The van der Waals surface area contributed by atoms with Crippen molar-refractivity contribution in [1.82, 2.24) is 19.8 Å². The van der Waals surface area contributed by atoms with E-state index in [9.17, 15) is 32.7 Å². The van der Waals surface area contributed by atoms with Crippen LogP contribution in [0.3, 0.4) is 0 Å². The first kappa shape index (κ1) is 32.5. The fraction of sp³-hybridized carbons (Fsp3) is 0.316. The van der Waals surface area contributed by atoms with Crippen molar-refractivity contribution in [3.05, 3.63) is 140 Å². The van der Waals surface area contributed by atoms with Crippen LogP contribution in [0.2, 0.25) is 0 Å². The highest BCUT2D eigenvalue weighted by molar-refractivity contribution is 5.94. The second-order valence-electron chi connectivity index (χ2n) is 13.0. The Morgan fingerprint density at radius 2 is 1.69 bits per heavy atom. The van der Waals surface area contributed by atoms with Gasteiger partial charge in [0, 0.05) is 25.2 Å². The maximum Gasteiger partial charge on any atom is 0.416 e. The zero-order valence-corrected chi connectivity index (χ0v) is 26.7. The Morgan fingerprint density at radius 1 is 0.918 bits per heavy atom. The van der Waals surface area contributed by atoms with Crippen LogP contribution >= 0.6 is 0 Å².